The number of anilines is 3. The number of para-hydroxylation sites is 2. The van der Waals surface area contributed by atoms with Gasteiger partial charge in [0.15, 0.2) is 11.6 Å². The van der Waals surface area contributed by atoms with E-state index < -0.39 is 5.60 Å². The fourth-order valence-electron chi connectivity index (χ4n) is 5.88. The molecule has 1 aromatic heterocycles. The Kier molecular flexibility index (Phi) is 6.65. The van der Waals surface area contributed by atoms with Gasteiger partial charge in [0.1, 0.15) is 17.1 Å². The lowest BCUT2D eigenvalue weighted by Gasteiger charge is -2.42. The van der Waals surface area contributed by atoms with Crippen LogP contribution in [-0.4, -0.2) is 23.3 Å². The third-order valence-corrected chi connectivity index (χ3v) is 8.43. The van der Waals surface area contributed by atoms with Gasteiger partial charge in [0, 0.05) is 38.9 Å². The smallest absolute Gasteiger partial charge is 0.198 e. The van der Waals surface area contributed by atoms with Gasteiger partial charge in [-0.1, -0.05) is 50.2 Å². The number of thiophene rings is 1. The topological polar surface area (TPSA) is 55.8 Å². The monoisotopic (exact) mass is 577 g/mol. The largest absolute Gasteiger partial charge is 0.490 e. The van der Waals surface area contributed by atoms with Crippen LogP contribution in [0.15, 0.2) is 77.0 Å². The molecule has 1 aliphatic heterocycles. The summed E-state index contributed by atoms with van der Waals surface area (Å²) in [4.78, 5) is 28.7. The Bertz CT molecular complexity index is 1690. The van der Waals surface area contributed by atoms with E-state index in [-0.39, 0.29) is 28.7 Å². The van der Waals surface area contributed by atoms with E-state index in [2.05, 4.69) is 67.3 Å². The first kappa shape index (κ1) is 28.0. The number of hydrogen-bond acceptors (Lipinski definition) is 6. The Morgan fingerprint density at radius 2 is 1.36 bits per heavy atom. The van der Waals surface area contributed by atoms with Crippen LogP contribution in [0.3, 0.4) is 0 Å². The highest BCUT2D eigenvalue weighted by Gasteiger charge is 2.38. The summed E-state index contributed by atoms with van der Waals surface area (Å²) < 4.78 is 13.0. The summed E-state index contributed by atoms with van der Waals surface area (Å²) >= 11 is 1.37. The van der Waals surface area contributed by atoms with Gasteiger partial charge in [-0.15, -0.1) is 0 Å². The van der Waals surface area contributed by atoms with E-state index in [0.717, 1.165) is 17.1 Å². The lowest BCUT2D eigenvalue weighted by molar-refractivity contribution is 0.0990. The molecule has 0 spiro atoms. The molecular weight excluding hydrogens is 542 g/mol. The lowest BCUT2D eigenvalue weighted by Crippen LogP contribution is -2.31. The van der Waals surface area contributed by atoms with Crippen LogP contribution in [0.4, 0.5) is 17.1 Å². The Hall–Kier alpha value is -4.16. The number of benzene rings is 3. The minimum Gasteiger partial charge on any atom is -0.490 e. The van der Waals surface area contributed by atoms with Gasteiger partial charge in [-0.2, -0.15) is 11.3 Å². The van der Waals surface area contributed by atoms with E-state index in [0.29, 0.717) is 28.2 Å². The summed E-state index contributed by atoms with van der Waals surface area (Å²) in [5.74, 6) is 0.691. The van der Waals surface area contributed by atoms with Gasteiger partial charge in [-0.05, 0) is 70.0 Å². The first-order chi connectivity index (χ1) is 19.9. The van der Waals surface area contributed by atoms with Crippen molar-refractivity contribution in [3.63, 3.8) is 0 Å². The zero-order valence-electron chi connectivity index (χ0n) is 25.1. The lowest BCUT2D eigenvalue weighted by atomic mass is 9.73. The number of allylic oxidation sites excluding steroid dienone is 1. The van der Waals surface area contributed by atoms with Gasteiger partial charge in [0.05, 0.1) is 28.7 Å². The van der Waals surface area contributed by atoms with Gasteiger partial charge in [0.2, 0.25) is 0 Å². The second-order valence-electron chi connectivity index (χ2n) is 12.6. The van der Waals surface area contributed by atoms with E-state index in [1.807, 2.05) is 46.8 Å². The number of fused-ring (bicyclic) bond motifs is 3. The minimum absolute atomic E-state index is 0.138. The molecule has 6 heteroatoms. The number of Topliss-reactive ketones (excluding diaryl/α,β-unsaturated/α-hetero) is 2. The molecule has 214 valence electrons. The van der Waals surface area contributed by atoms with Crippen LogP contribution in [-0.2, 0) is 5.41 Å². The molecule has 5 nitrogen and oxygen atoms in total. The van der Waals surface area contributed by atoms with Crippen molar-refractivity contribution in [1.29, 1.82) is 0 Å². The molecule has 0 saturated heterocycles. The van der Waals surface area contributed by atoms with E-state index in [9.17, 15) is 9.59 Å². The van der Waals surface area contributed by atoms with Crippen LogP contribution in [0.1, 0.15) is 85.9 Å². The zero-order valence-corrected chi connectivity index (χ0v) is 25.9. The molecule has 42 heavy (non-hydrogen) atoms. The highest BCUT2D eigenvalue weighted by Crippen LogP contribution is 2.54. The summed E-state index contributed by atoms with van der Waals surface area (Å²) in [6.45, 7) is 14.5. The predicted molar refractivity (Wildman–Crippen MR) is 170 cm³/mol. The summed E-state index contributed by atoms with van der Waals surface area (Å²) in [6.07, 6.45) is 1.52. The molecule has 2 aliphatic rings. The van der Waals surface area contributed by atoms with Crippen LogP contribution < -0.4 is 14.4 Å². The average Bonchev–Trinajstić information content (AvgIpc) is 3.49. The van der Waals surface area contributed by atoms with Gasteiger partial charge in [0.25, 0.3) is 0 Å². The van der Waals surface area contributed by atoms with Crippen molar-refractivity contribution in [3.8, 4) is 11.5 Å². The number of nitrogens with zero attached hydrogens (tertiary/aromatic N) is 1. The molecule has 0 saturated carbocycles. The molecule has 0 unspecified atom stereocenters. The summed E-state index contributed by atoms with van der Waals surface area (Å²) in [5.41, 5.74) is 6.33. The third kappa shape index (κ3) is 4.64. The maximum atomic E-state index is 13.2. The van der Waals surface area contributed by atoms with Crippen molar-refractivity contribution >= 4 is 46.0 Å². The van der Waals surface area contributed by atoms with Crippen molar-refractivity contribution in [1.82, 2.24) is 0 Å². The summed E-state index contributed by atoms with van der Waals surface area (Å²) in [7, 11) is 0. The van der Waals surface area contributed by atoms with Crippen molar-refractivity contribution < 1.29 is 19.1 Å². The average molecular weight is 578 g/mol. The van der Waals surface area contributed by atoms with E-state index >= 15 is 0 Å². The Morgan fingerprint density at radius 3 is 1.88 bits per heavy atom. The molecule has 0 amide bonds. The van der Waals surface area contributed by atoms with Crippen molar-refractivity contribution in [3.05, 3.63) is 105 Å². The molecule has 0 atom stereocenters. The second-order valence-corrected chi connectivity index (χ2v) is 13.4. The normalized spacial score (nSPS) is 15.4. The quantitative estimate of drug-likeness (QED) is 0.175. The maximum Gasteiger partial charge on any atom is 0.198 e. The number of rotatable bonds is 5. The molecule has 4 aromatic rings. The number of ketones is 2. The molecule has 0 radical (unpaired) electrons. The molecule has 0 N–H and O–H groups in total. The molecule has 6 rings (SSSR count). The maximum absolute atomic E-state index is 13.2. The van der Waals surface area contributed by atoms with Crippen molar-refractivity contribution in [2.24, 2.45) is 0 Å². The predicted octanol–water partition coefficient (Wildman–Crippen LogP) is 9.28. The SMILES string of the molecule is CC(C)Oc1cc(N2c3ccccc3C(C)(C)c3ccccc32)c(OC(C)(C)C)cc1C=C1C(=O)c2cscc2C1=O. The van der Waals surface area contributed by atoms with Crippen molar-refractivity contribution in [2.45, 2.75) is 65.6 Å². The summed E-state index contributed by atoms with van der Waals surface area (Å²) in [6, 6.07) is 20.8. The fraction of sp³-hybridized carbons (Fsp3) is 0.278. The molecule has 0 fully saturated rings. The van der Waals surface area contributed by atoms with Gasteiger partial charge in [-0.25, -0.2) is 0 Å². The Labute approximate surface area is 251 Å². The number of ether oxygens (including phenoxy) is 2. The minimum atomic E-state index is -0.517. The number of carbonyl (C=O) groups is 2. The zero-order chi connectivity index (χ0) is 30.0. The Morgan fingerprint density at radius 1 is 0.810 bits per heavy atom. The van der Waals surface area contributed by atoms with Crippen molar-refractivity contribution in [2.75, 3.05) is 4.90 Å². The second kappa shape index (κ2) is 9.99. The highest BCUT2D eigenvalue weighted by atomic mass is 32.1. The molecule has 1 aliphatic carbocycles. The summed E-state index contributed by atoms with van der Waals surface area (Å²) in [5, 5.41) is 3.48. The third-order valence-electron chi connectivity index (χ3n) is 7.69. The van der Waals surface area contributed by atoms with Gasteiger partial charge >= 0.3 is 0 Å². The van der Waals surface area contributed by atoms with E-state index in [4.69, 9.17) is 9.47 Å². The van der Waals surface area contributed by atoms with Crippen LogP contribution in [0.5, 0.6) is 11.5 Å². The van der Waals surface area contributed by atoms with E-state index in [1.165, 1.54) is 22.5 Å². The van der Waals surface area contributed by atoms with Crippen LogP contribution in [0.2, 0.25) is 0 Å². The molecule has 2 heterocycles. The first-order valence-corrected chi connectivity index (χ1v) is 15.2. The van der Waals surface area contributed by atoms with Crippen LogP contribution >= 0.6 is 11.3 Å². The van der Waals surface area contributed by atoms with Crippen LogP contribution in [0, 0.1) is 0 Å². The van der Waals surface area contributed by atoms with E-state index in [1.54, 1.807) is 16.8 Å². The molecule has 0 bridgehead atoms. The number of hydrogen-bond donors (Lipinski definition) is 0. The highest BCUT2D eigenvalue weighted by molar-refractivity contribution is 7.08. The van der Waals surface area contributed by atoms with Gasteiger partial charge < -0.3 is 14.4 Å². The van der Waals surface area contributed by atoms with Gasteiger partial charge in [-0.3, -0.25) is 9.59 Å². The standard InChI is InChI=1S/C36H35NO4S/c1-21(2)40-31-18-30(37-28-14-10-8-12-26(28)36(6,7)27-13-9-11-15-29(27)37)32(41-35(3,4)5)17-22(31)16-23-33(38)24-19-42-20-25(24)34(23)39/h8-21H,1-7H3. The Balaban J connectivity index is 1.61. The fourth-order valence-corrected chi connectivity index (χ4v) is 6.69. The number of carbonyl (C=O) groups excluding carboxylic acids is 2. The first-order valence-electron chi connectivity index (χ1n) is 14.3. The molecule has 3 aromatic carbocycles. The molecular formula is C36H35NO4S. The van der Waals surface area contributed by atoms with Crippen LogP contribution in [0.25, 0.3) is 6.08 Å².